The molecule has 0 amide bonds. The monoisotopic (exact) mass is 250 g/mol. The summed E-state index contributed by atoms with van der Waals surface area (Å²) >= 11 is 3.48. The van der Waals surface area contributed by atoms with E-state index in [0.29, 0.717) is 0 Å². The van der Waals surface area contributed by atoms with Crippen LogP contribution in [0.2, 0.25) is 0 Å². The van der Waals surface area contributed by atoms with Crippen LogP contribution in [0, 0.1) is 0 Å². The molecule has 0 aliphatic heterocycles. The fraction of sp³-hybridized carbons (Fsp3) is 0.250. The van der Waals surface area contributed by atoms with Crippen molar-refractivity contribution < 1.29 is 0 Å². The number of nitrogen functional groups attached to an aromatic ring is 1. The zero-order chi connectivity index (χ0) is 11.4. The van der Waals surface area contributed by atoms with Crippen molar-refractivity contribution in [2.24, 2.45) is 0 Å². The maximum Gasteiger partial charge on any atom is 0.0925 e. The largest absolute Gasteiger partial charge is 0.398 e. The zero-order valence-corrected chi connectivity index (χ0v) is 10.8. The first kappa shape index (κ1) is 11.5. The number of hydrogen-bond acceptors (Lipinski definition) is 4. The number of nitrogens with zero attached hydrogens (tertiary/aromatic N) is 1. The number of nitrogens with two attached hydrogens (primary N) is 1. The van der Waals surface area contributed by atoms with Crippen LogP contribution in [-0.2, 0) is 12.2 Å². The Morgan fingerprint density at radius 3 is 2.88 bits per heavy atom. The van der Waals surface area contributed by atoms with Crippen molar-refractivity contribution in [2.75, 3.05) is 5.73 Å². The van der Waals surface area contributed by atoms with Crippen LogP contribution in [0.25, 0.3) is 0 Å². The number of thiazole rings is 1. The van der Waals surface area contributed by atoms with Crippen molar-refractivity contribution in [1.82, 2.24) is 4.98 Å². The zero-order valence-electron chi connectivity index (χ0n) is 9.14. The van der Waals surface area contributed by atoms with Gasteiger partial charge in [-0.05, 0) is 18.6 Å². The van der Waals surface area contributed by atoms with E-state index < -0.39 is 0 Å². The molecule has 2 rings (SSSR count). The molecule has 2 nitrogen and oxygen atoms in total. The minimum atomic E-state index is 0.846. The number of aryl methyl sites for hydroxylation is 1. The van der Waals surface area contributed by atoms with Crippen molar-refractivity contribution in [1.29, 1.82) is 0 Å². The second-order valence-corrected chi connectivity index (χ2v) is 5.37. The van der Waals surface area contributed by atoms with E-state index in [1.165, 1.54) is 5.01 Å². The van der Waals surface area contributed by atoms with Gasteiger partial charge in [-0.25, -0.2) is 4.98 Å². The highest BCUT2D eigenvalue weighted by molar-refractivity contribution is 7.98. The van der Waals surface area contributed by atoms with Crippen LogP contribution in [0.15, 0.2) is 34.5 Å². The van der Waals surface area contributed by atoms with Crippen LogP contribution >= 0.6 is 23.1 Å². The number of thioether (sulfide) groups is 1. The summed E-state index contributed by atoms with van der Waals surface area (Å²) in [5.74, 6) is 0.894. The topological polar surface area (TPSA) is 38.9 Å². The van der Waals surface area contributed by atoms with Gasteiger partial charge in [0.2, 0.25) is 0 Å². The maximum absolute atomic E-state index is 5.88. The van der Waals surface area contributed by atoms with Crippen LogP contribution in [0.4, 0.5) is 5.69 Å². The van der Waals surface area contributed by atoms with Gasteiger partial charge in [0.25, 0.3) is 0 Å². The third kappa shape index (κ3) is 2.77. The predicted octanol–water partition coefficient (Wildman–Crippen LogP) is 3.58. The van der Waals surface area contributed by atoms with Crippen molar-refractivity contribution in [3.8, 4) is 0 Å². The van der Waals surface area contributed by atoms with Gasteiger partial charge in [-0.3, -0.25) is 0 Å². The molecule has 0 atom stereocenters. The van der Waals surface area contributed by atoms with E-state index in [1.807, 2.05) is 24.3 Å². The molecule has 1 heterocycles. The molecule has 1 aromatic carbocycles. The molecule has 0 saturated carbocycles. The maximum atomic E-state index is 5.88. The van der Waals surface area contributed by atoms with Crippen molar-refractivity contribution in [3.05, 3.63) is 40.3 Å². The normalized spacial score (nSPS) is 10.6. The van der Waals surface area contributed by atoms with E-state index in [4.69, 9.17) is 5.73 Å². The standard InChI is InChI=1S/C12H14N2S2/c1-2-12-14-9(8-16-12)7-15-11-6-4-3-5-10(11)13/h3-6,8H,2,7,13H2,1H3. The van der Waals surface area contributed by atoms with Gasteiger partial charge in [-0.15, -0.1) is 23.1 Å². The Balaban J connectivity index is 1.99. The van der Waals surface area contributed by atoms with Gasteiger partial charge < -0.3 is 5.73 Å². The van der Waals surface area contributed by atoms with E-state index in [9.17, 15) is 0 Å². The van der Waals surface area contributed by atoms with E-state index in [0.717, 1.165) is 28.5 Å². The van der Waals surface area contributed by atoms with Crippen molar-refractivity contribution >= 4 is 28.8 Å². The molecule has 1 aromatic heterocycles. The minimum absolute atomic E-state index is 0.846. The Bertz CT molecular complexity index is 466. The summed E-state index contributed by atoms with van der Waals surface area (Å²) in [7, 11) is 0. The van der Waals surface area contributed by atoms with Gasteiger partial charge >= 0.3 is 0 Å². The Morgan fingerprint density at radius 1 is 1.38 bits per heavy atom. The van der Waals surface area contributed by atoms with Crippen molar-refractivity contribution in [2.45, 2.75) is 24.0 Å². The summed E-state index contributed by atoms with van der Waals surface area (Å²) in [5, 5.41) is 3.34. The molecule has 0 aliphatic carbocycles. The van der Waals surface area contributed by atoms with Crippen molar-refractivity contribution in [3.63, 3.8) is 0 Å². The average molecular weight is 250 g/mol. The molecular formula is C12H14N2S2. The van der Waals surface area contributed by atoms with Gasteiger partial charge in [-0.1, -0.05) is 19.1 Å². The van der Waals surface area contributed by atoms with Gasteiger partial charge in [0.1, 0.15) is 0 Å². The van der Waals surface area contributed by atoms with Crippen LogP contribution in [0.1, 0.15) is 17.6 Å². The Morgan fingerprint density at radius 2 is 2.19 bits per heavy atom. The first-order chi connectivity index (χ1) is 7.79. The highest BCUT2D eigenvalue weighted by Gasteiger charge is 2.03. The number of para-hydroxylation sites is 1. The average Bonchev–Trinajstić information content (AvgIpc) is 2.76. The smallest absolute Gasteiger partial charge is 0.0925 e. The van der Waals surface area contributed by atoms with Gasteiger partial charge in [-0.2, -0.15) is 0 Å². The molecule has 0 aliphatic rings. The van der Waals surface area contributed by atoms with Crippen LogP contribution < -0.4 is 5.73 Å². The predicted molar refractivity (Wildman–Crippen MR) is 71.9 cm³/mol. The molecule has 0 spiro atoms. The van der Waals surface area contributed by atoms with E-state index in [-0.39, 0.29) is 0 Å². The summed E-state index contributed by atoms with van der Waals surface area (Å²) in [6.45, 7) is 2.13. The van der Waals surface area contributed by atoms with E-state index in [2.05, 4.69) is 17.3 Å². The molecule has 0 radical (unpaired) electrons. The second-order valence-electron chi connectivity index (χ2n) is 3.41. The number of anilines is 1. The molecular weight excluding hydrogens is 236 g/mol. The number of hydrogen-bond donors (Lipinski definition) is 1. The quantitative estimate of drug-likeness (QED) is 0.666. The fourth-order valence-corrected chi connectivity index (χ4v) is 3.05. The highest BCUT2D eigenvalue weighted by Crippen LogP contribution is 2.28. The van der Waals surface area contributed by atoms with Gasteiger partial charge in [0.05, 0.1) is 10.7 Å². The fourth-order valence-electron chi connectivity index (χ4n) is 1.34. The van der Waals surface area contributed by atoms with Gasteiger partial charge in [0, 0.05) is 21.7 Å². The van der Waals surface area contributed by atoms with E-state index >= 15 is 0 Å². The number of aromatic nitrogens is 1. The lowest BCUT2D eigenvalue weighted by Gasteiger charge is -2.02. The SMILES string of the molecule is CCc1nc(CSc2ccccc2N)cs1. The lowest BCUT2D eigenvalue weighted by Crippen LogP contribution is -1.88. The highest BCUT2D eigenvalue weighted by atomic mass is 32.2. The Hall–Kier alpha value is -1.00. The lowest BCUT2D eigenvalue weighted by atomic mass is 10.3. The van der Waals surface area contributed by atoms with Gasteiger partial charge in [0.15, 0.2) is 0 Å². The summed E-state index contributed by atoms with van der Waals surface area (Å²) in [4.78, 5) is 5.66. The molecule has 16 heavy (non-hydrogen) atoms. The van der Waals surface area contributed by atoms with Crippen LogP contribution in [0.5, 0.6) is 0 Å². The molecule has 84 valence electrons. The molecule has 0 bridgehead atoms. The third-order valence-electron chi connectivity index (χ3n) is 2.20. The molecule has 4 heteroatoms. The lowest BCUT2D eigenvalue weighted by molar-refractivity contribution is 1.06. The number of rotatable bonds is 4. The first-order valence-corrected chi connectivity index (χ1v) is 7.06. The summed E-state index contributed by atoms with van der Waals surface area (Å²) in [6.07, 6.45) is 1.02. The van der Waals surface area contributed by atoms with Crippen LogP contribution in [-0.4, -0.2) is 4.98 Å². The van der Waals surface area contributed by atoms with E-state index in [1.54, 1.807) is 23.1 Å². The van der Waals surface area contributed by atoms with Crippen LogP contribution in [0.3, 0.4) is 0 Å². The summed E-state index contributed by atoms with van der Waals surface area (Å²) in [6, 6.07) is 7.95. The third-order valence-corrected chi connectivity index (χ3v) is 4.36. The summed E-state index contributed by atoms with van der Waals surface area (Å²) in [5.41, 5.74) is 7.87. The first-order valence-electron chi connectivity index (χ1n) is 5.20. The Kier molecular flexibility index (Phi) is 3.85. The number of benzene rings is 1. The molecule has 2 aromatic rings. The molecule has 0 unspecified atom stereocenters. The molecule has 0 fully saturated rings. The minimum Gasteiger partial charge on any atom is -0.398 e. The molecule has 2 N–H and O–H groups in total. The summed E-state index contributed by atoms with van der Waals surface area (Å²) < 4.78 is 0. The Labute approximate surface area is 104 Å². The molecule has 0 saturated heterocycles. The second kappa shape index (κ2) is 5.37.